The standard InChI is InChI=1S/C21H30N4O.2ClH/c1-14(2)25-18-10-4-3-9-17(18)23-20(25)19-11-6-12-24(19)21(26)16-8-5-7-15(16)13-22;;/h3-4,9-10,14-16,19H,5-8,11-13,22H2,1-2H3;2*1H/t15-,16-,19?;;/m1../s1. The summed E-state index contributed by atoms with van der Waals surface area (Å²) in [5, 5.41) is 0. The third-order valence-corrected chi connectivity index (χ3v) is 6.25. The molecule has 2 fully saturated rings. The van der Waals surface area contributed by atoms with Crippen LogP contribution in [0.3, 0.4) is 0 Å². The number of amides is 1. The molecule has 28 heavy (non-hydrogen) atoms. The second-order valence-electron chi connectivity index (χ2n) is 8.15. The summed E-state index contributed by atoms with van der Waals surface area (Å²) in [6.07, 6.45) is 5.27. The topological polar surface area (TPSA) is 64.2 Å². The Morgan fingerprint density at radius 3 is 2.64 bits per heavy atom. The maximum atomic E-state index is 13.3. The molecule has 1 saturated heterocycles. The average molecular weight is 427 g/mol. The van der Waals surface area contributed by atoms with E-state index >= 15 is 0 Å². The largest absolute Gasteiger partial charge is 0.332 e. The molecule has 2 aromatic rings. The molecule has 1 saturated carbocycles. The van der Waals surface area contributed by atoms with E-state index < -0.39 is 0 Å². The first-order valence-corrected chi connectivity index (χ1v) is 10.1. The van der Waals surface area contributed by atoms with Gasteiger partial charge in [-0.1, -0.05) is 18.6 Å². The van der Waals surface area contributed by atoms with Crippen molar-refractivity contribution in [3.63, 3.8) is 0 Å². The molecule has 0 spiro atoms. The summed E-state index contributed by atoms with van der Waals surface area (Å²) in [4.78, 5) is 20.4. The number of benzene rings is 1. The lowest BCUT2D eigenvalue weighted by Gasteiger charge is -2.30. The van der Waals surface area contributed by atoms with E-state index in [4.69, 9.17) is 10.7 Å². The fourth-order valence-electron chi connectivity index (χ4n) is 5.00. The quantitative estimate of drug-likeness (QED) is 0.782. The predicted molar refractivity (Wildman–Crippen MR) is 118 cm³/mol. The van der Waals surface area contributed by atoms with Crippen LogP contribution in [0, 0.1) is 11.8 Å². The lowest BCUT2D eigenvalue weighted by molar-refractivity contribution is -0.137. The summed E-state index contributed by atoms with van der Waals surface area (Å²) in [7, 11) is 0. The van der Waals surface area contributed by atoms with E-state index in [-0.39, 0.29) is 36.8 Å². The highest BCUT2D eigenvalue weighted by Gasteiger charge is 2.40. The van der Waals surface area contributed by atoms with Crippen molar-refractivity contribution in [1.82, 2.24) is 14.5 Å². The normalized spacial score (nSPS) is 24.4. The van der Waals surface area contributed by atoms with Crippen LogP contribution in [0.2, 0.25) is 0 Å². The van der Waals surface area contributed by atoms with Crippen molar-refractivity contribution in [1.29, 1.82) is 0 Å². The van der Waals surface area contributed by atoms with E-state index in [2.05, 4.69) is 41.5 Å². The Balaban J connectivity index is 0.00000140. The summed E-state index contributed by atoms with van der Waals surface area (Å²) in [5.41, 5.74) is 8.12. The molecule has 5 nitrogen and oxygen atoms in total. The van der Waals surface area contributed by atoms with Crippen LogP contribution >= 0.6 is 24.8 Å². The molecule has 1 aromatic carbocycles. The van der Waals surface area contributed by atoms with Gasteiger partial charge in [-0.3, -0.25) is 4.79 Å². The molecule has 2 N–H and O–H groups in total. The minimum atomic E-state index is 0. The predicted octanol–water partition coefficient (Wildman–Crippen LogP) is 4.50. The minimum Gasteiger partial charge on any atom is -0.332 e. The number of aromatic nitrogens is 2. The van der Waals surface area contributed by atoms with Crippen molar-refractivity contribution >= 4 is 41.8 Å². The Morgan fingerprint density at radius 1 is 1.18 bits per heavy atom. The molecule has 2 aliphatic rings. The monoisotopic (exact) mass is 426 g/mol. The Hall–Kier alpha value is -1.30. The van der Waals surface area contributed by atoms with Gasteiger partial charge in [-0.15, -0.1) is 24.8 Å². The van der Waals surface area contributed by atoms with Gasteiger partial charge in [-0.05, 0) is 64.1 Å². The second kappa shape index (κ2) is 9.47. The van der Waals surface area contributed by atoms with Crippen molar-refractivity contribution in [2.75, 3.05) is 13.1 Å². The van der Waals surface area contributed by atoms with E-state index in [0.717, 1.165) is 55.5 Å². The van der Waals surface area contributed by atoms with Gasteiger partial charge in [-0.25, -0.2) is 4.98 Å². The van der Waals surface area contributed by atoms with E-state index in [1.165, 1.54) is 0 Å². The highest BCUT2D eigenvalue weighted by Crippen LogP contribution is 2.39. The van der Waals surface area contributed by atoms with Crippen LogP contribution in [-0.4, -0.2) is 33.4 Å². The molecule has 2 heterocycles. The first kappa shape index (κ1) is 23.0. The molecule has 1 aliphatic heterocycles. The molecule has 3 atom stereocenters. The van der Waals surface area contributed by atoms with Gasteiger partial charge in [0.15, 0.2) is 0 Å². The van der Waals surface area contributed by atoms with Crippen LogP contribution in [-0.2, 0) is 4.79 Å². The van der Waals surface area contributed by atoms with Crippen LogP contribution in [0.25, 0.3) is 11.0 Å². The summed E-state index contributed by atoms with van der Waals surface area (Å²) in [6, 6.07) is 8.71. The van der Waals surface area contributed by atoms with E-state index in [1.54, 1.807) is 0 Å². The second-order valence-corrected chi connectivity index (χ2v) is 8.15. The molecular formula is C21H32Cl2N4O. The number of halogens is 2. The number of nitrogens with zero attached hydrogens (tertiary/aromatic N) is 3. The number of rotatable bonds is 4. The van der Waals surface area contributed by atoms with Gasteiger partial charge in [-0.2, -0.15) is 0 Å². The first-order valence-electron chi connectivity index (χ1n) is 10.1. The number of fused-ring (bicyclic) bond motifs is 1. The van der Waals surface area contributed by atoms with Crippen LogP contribution in [0.1, 0.15) is 63.9 Å². The van der Waals surface area contributed by atoms with Gasteiger partial charge < -0.3 is 15.2 Å². The number of carbonyl (C=O) groups excluding carboxylic acids is 1. The van der Waals surface area contributed by atoms with E-state index in [9.17, 15) is 4.79 Å². The number of hydrogen-bond acceptors (Lipinski definition) is 3. The molecule has 0 radical (unpaired) electrons. The molecule has 1 aliphatic carbocycles. The molecule has 7 heteroatoms. The zero-order chi connectivity index (χ0) is 18.3. The SMILES string of the molecule is CC(C)n1c(C2CCCN2C(=O)[C@@H]2CCC[C@@H]2CN)nc2ccccc21.Cl.Cl. The molecular weight excluding hydrogens is 395 g/mol. The number of imidazole rings is 1. The average Bonchev–Trinajstić information content (AvgIpc) is 3.36. The van der Waals surface area contributed by atoms with Crippen LogP contribution in [0.15, 0.2) is 24.3 Å². The van der Waals surface area contributed by atoms with E-state index in [1.807, 2.05) is 6.07 Å². The third kappa shape index (κ3) is 3.89. The zero-order valence-corrected chi connectivity index (χ0v) is 18.3. The minimum absolute atomic E-state index is 0. The Kier molecular flexibility index (Phi) is 7.77. The number of para-hydroxylation sites is 2. The lowest BCUT2D eigenvalue weighted by atomic mass is 9.94. The molecule has 4 rings (SSSR count). The summed E-state index contributed by atoms with van der Waals surface area (Å²) in [5.74, 6) is 1.82. The number of carbonyl (C=O) groups is 1. The van der Waals surface area contributed by atoms with Crippen molar-refractivity contribution in [3.8, 4) is 0 Å². The van der Waals surface area contributed by atoms with Gasteiger partial charge in [0.2, 0.25) is 5.91 Å². The van der Waals surface area contributed by atoms with Gasteiger partial charge in [0.1, 0.15) is 5.82 Å². The molecule has 0 bridgehead atoms. The fraction of sp³-hybridized carbons (Fsp3) is 0.619. The van der Waals surface area contributed by atoms with Crippen molar-refractivity contribution < 1.29 is 4.79 Å². The Labute approximate surface area is 179 Å². The number of likely N-dealkylation sites (tertiary alicyclic amines) is 1. The van der Waals surface area contributed by atoms with Crippen LogP contribution in [0.4, 0.5) is 0 Å². The number of nitrogens with two attached hydrogens (primary N) is 1. The zero-order valence-electron chi connectivity index (χ0n) is 16.7. The maximum absolute atomic E-state index is 13.3. The van der Waals surface area contributed by atoms with Gasteiger partial charge in [0, 0.05) is 18.5 Å². The van der Waals surface area contributed by atoms with Crippen molar-refractivity contribution in [2.24, 2.45) is 17.6 Å². The summed E-state index contributed by atoms with van der Waals surface area (Å²) >= 11 is 0. The highest BCUT2D eigenvalue weighted by molar-refractivity contribution is 5.85. The highest BCUT2D eigenvalue weighted by atomic mass is 35.5. The summed E-state index contributed by atoms with van der Waals surface area (Å²) in [6.45, 7) is 5.86. The van der Waals surface area contributed by atoms with Crippen LogP contribution < -0.4 is 5.73 Å². The summed E-state index contributed by atoms with van der Waals surface area (Å²) < 4.78 is 2.32. The molecule has 1 unspecified atom stereocenters. The van der Waals surface area contributed by atoms with Crippen molar-refractivity contribution in [2.45, 2.75) is 58.0 Å². The lowest BCUT2D eigenvalue weighted by Crippen LogP contribution is -2.39. The van der Waals surface area contributed by atoms with E-state index in [0.29, 0.717) is 24.4 Å². The van der Waals surface area contributed by atoms with Crippen LogP contribution in [0.5, 0.6) is 0 Å². The molecule has 156 valence electrons. The fourth-order valence-corrected chi connectivity index (χ4v) is 5.00. The Bertz CT molecular complexity index is 807. The Morgan fingerprint density at radius 2 is 1.93 bits per heavy atom. The smallest absolute Gasteiger partial charge is 0.226 e. The van der Waals surface area contributed by atoms with Crippen molar-refractivity contribution in [3.05, 3.63) is 30.1 Å². The maximum Gasteiger partial charge on any atom is 0.226 e. The number of hydrogen-bond donors (Lipinski definition) is 1. The molecule has 1 amide bonds. The van der Waals surface area contributed by atoms with Gasteiger partial charge in [0.25, 0.3) is 0 Å². The van der Waals surface area contributed by atoms with Gasteiger partial charge >= 0.3 is 0 Å². The molecule has 1 aromatic heterocycles. The third-order valence-electron chi connectivity index (χ3n) is 6.25. The van der Waals surface area contributed by atoms with Gasteiger partial charge in [0.05, 0.1) is 17.1 Å². The first-order chi connectivity index (χ1) is 12.6.